The summed E-state index contributed by atoms with van der Waals surface area (Å²) in [6.45, 7) is 0. The standard InChI is InChI=1S/C48H31N/c1-2-11-39-30-40(23-16-32(39)8-1)33-24-27-41(28-25-33)49(46-15-7-12-34-9-3-5-13-43(34)46)42-29-26-36-18-20-38-22-21-37-19-17-35-10-4-6-14-44(35)47(37)48(38)45(36)31-42/h1-31H. The van der Waals surface area contributed by atoms with Crippen LogP contribution in [0.2, 0.25) is 0 Å². The van der Waals surface area contributed by atoms with E-state index >= 15 is 0 Å². The average Bonchev–Trinajstić information content (AvgIpc) is 3.17. The topological polar surface area (TPSA) is 3.24 Å². The Morgan fingerprint density at radius 3 is 1.51 bits per heavy atom. The molecule has 1 nitrogen and oxygen atoms in total. The molecular formula is C48H31N. The molecule has 228 valence electrons. The van der Waals surface area contributed by atoms with Crippen molar-refractivity contribution in [3.05, 3.63) is 188 Å². The van der Waals surface area contributed by atoms with Crippen LogP contribution in [0.4, 0.5) is 17.1 Å². The Hall–Kier alpha value is -6.44. The van der Waals surface area contributed by atoms with E-state index in [1.54, 1.807) is 0 Å². The lowest BCUT2D eigenvalue weighted by molar-refractivity contribution is 1.30. The van der Waals surface area contributed by atoms with Gasteiger partial charge >= 0.3 is 0 Å². The van der Waals surface area contributed by atoms with Gasteiger partial charge in [0.1, 0.15) is 0 Å². The molecule has 0 aliphatic heterocycles. The summed E-state index contributed by atoms with van der Waals surface area (Å²) in [7, 11) is 0. The average molecular weight is 622 g/mol. The summed E-state index contributed by atoms with van der Waals surface area (Å²) in [5, 5.41) is 15.1. The molecule has 0 saturated heterocycles. The molecule has 49 heavy (non-hydrogen) atoms. The molecule has 0 aromatic heterocycles. The van der Waals surface area contributed by atoms with Crippen molar-refractivity contribution in [2.75, 3.05) is 4.90 Å². The third-order valence-electron chi connectivity index (χ3n) is 10.2. The second-order valence-electron chi connectivity index (χ2n) is 13.0. The van der Waals surface area contributed by atoms with Gasteiger partial charge in [-0.25, -0.2) is 0 Å². The lowest BCUT2D eigenvalue weighted by Crippen LogP contribution is -2.10. The number of hydrogen-bond donors (Lipinski definition) is 0. The fourth-order valence-corrected chi connectivity index (χ4v) is 7.77. The fourth-order valence-electron chi connectivity index (χ4n) is 7.77. The minimum Gasteiger partial charge on any atom is -0.310 e. The van der Waals surface area contributed by atoms with Gasteiger partial charge in [-0.1, -0.05) is 152 Å². The lowest BCUT2D eigenvalue weighted by atomic mass is 9.92. The first-order valence-corrected chi connectivity index (χ1v) is 16.9. The van der Waals surface area contributed by atoms with Crippen LogP contribution in [-0.4, -0.2) is 0 Å². The monoisotopic (exact) mass is 621 g/mol. The number of fused-ring (bicyclic) bond motifs is 9. The molecule has 10 rings (SSSR count). The summed E-state index contributed by atoms with van der Waals surface area (Å²) < 4.78 is 0. The zero-order valence-electron chi connectivity index (χ0n) is 26.8. The van der Waals surface area contributed by atoms with Crippen LogP contribution in [0.15, 0.2) is 188 Å². The van der Waals surface area contributed by atoms with E-state index in [1.165, 1.54) is 75.8 Å². The molecule has 0 spiro atoms. The van der Waals surface area contributed by atoms with Gasteiger partial charge in [0.15, 0.2) is 0 Å². The van der Waals surface area contributed by atoms with E-state index in [4.69, 9.17) is 0 Å². The first-order chi connectivity index (χ1) is 24.3. The Labute approximate surface area is 284 Å². The van der Waals surface area contributed by atoms with Crippen molar-refractivity contribution in [3.8, 4) is 11.1 Å². The molecule has 1 heteroatoms. The van der Waals surface area contributed by atoms with Crippen molar-refractivity contribution in [3.63, 3.8) is 0 Å². The summed E-state index contributed by atoms with van der Waals surface area (Å²) in [4.78, 5) is 2.42. The number of nitrogens with zero attached hydrogens (tertiary/aromatic N) is 1. The maximum absolute atomic E-state index is 2.42. The van der Waals surface area contributed by atoms with Crippen molar-refractivity contribution >= 4 is 81.7 Å². The van der Waals surface area contributed by atoms with E-state index in [0.29, 0.717) is 0 Å². The molecule has 0 fully saturated rings. The van der Waals surface area contributed by atoms with Gasteiger partial charge < -0.3 is 4.90 Å². The minimum absolute atomic E-state index is 1.12. The molecule has 0 heterocycles. The molecule has 0 saturated carbocycles. The van der Waals surface area contributed by atoms with Crippen molar-refractivity contribution in [2.45, 2.75) is 0 Å². The zero-order valence-corrected chi connectivity index (χ0v) is 26.8. The highest BCUT2D eigenvalue weighted by atomic mass is 15.1. The third kappa shape index (κ3) is 4.55. The first kappa shape index (κ1) is 27.7. The highest BCUT2D eigenvalue weighted by Gasteiger charge is 2.17. The summed E-state index contributed by atoms with van der Waals surface area (Å²) in [6.07, 6.45) is 0. The Morgan fingerprint density at radius 2 is 0.755 bits per heavy atom. The van der Waals surface area contributed by atoms with Gasteiger partial charge in [-0.15, -0.1) is 0 Å². The SMILES string of the molecule is c1ccc2cc(-c3ccc(N(c4ccc5ccc6ccc7ccc8ccccc8c7c6c5c4)c4cccc5ccccc45)cc3)ccc2c1. The molecule has 10 aromatic carbocycles. The normalized spacial score (nSPS) is 11.7. The van der Waals surface area contributed by atoms with Crippen LogP contribution in [0, 0.1) is 0 Å². The first-order valence-electron chi connectivity index (χ1n) is 16.9. The molecule has 0 amide bonds. The molecule has 0 aliphatic rings. The molecule has 0 aliphatic carbocycles. The maximum Gasteiger partial charge on any atom is 0.0540 e. The van der Waals surface area contributed by atoms with Gasteiger partial charge in [-0.2, -0.15) is 0 Å². The van der Waals surface area contributed by atoms with Gasteiger partial charge in [-0.05, 0) is 107 Å². The quantitative estimate of drug-likeness (QED) is 0.177. The van der Waals surface area contributed by atoms with E-state index in [0.717, 1.165) is 17.1 Å². The number of hydrogen-bond acceptors (Lipinski definition) is 1. The van der Waals surface area contributed by atoms with Crippen LogP contribution >= 0.6 is 0 Å². The summed E-state index contributed by atoms with van der Waals surface area (Å²) in [5.74, 6) is 0. The smallest absolute Gasteiger partial charge is 0.0540 e. The predicted octanol–water partition coefficient (Wildman–Crippen LogP) is 13.7. The summed E-state index contributed by atoms with van der Waals surface area (Å²) in [5.41, 5.74) is 5.84. The Bertz CT molecular complexity index is 2870. The van der Waals surface area contributed by atoms with E-state index in [-0.39, 0.29) is 0 Å². The van der Waals surface area contributed by atoms with Crippen molar-refractivity contribution in [1.82, 2.24) is 0 Å². The van der Waals surface area contributed by atoms with Crippen LogP contribution in [0.1, 0.15) is 0 Å². The van der Waals surface area contributed by atoms with E-state index in [9.17, 15) is 0 Å². The lowest BCUT2D eigenvalue weighted by Gasteiger charge is -2.27. The van der Waals surface area contributed by atoms with Gasteiger partial charge in [0.2, 0.25) is 0 Å². The second kappa shape index (κ2) is 11.1. The largest absolute Gasteiger partial charge is 0.310 e. The zero-order chi connectivity index (χ0) is 32.3. The summed E-state index contributed by atoms with van der Waals surface area (Å²) in [6, 6.07) is 68.9. The van der Waals surface area contributed by atoms with E-state index < -0.39 is 0 Å². The third-order valence-corrected chi connectivity index (χ3v) is 10.2. The molecule has 0 atom stereocenters. The van der Waals surface area contributed by atoms with Gasteiger partial charge in [0.25, 0.3) is 0 Å². The van der Waals surface area contributed by atoms with E-state index in [1.807, 2.05) is 0 Å². The van der Waals surface area contributed by atoms with Crippen LogP contribution in [0.3, 0.4) is 0 Å². The molecule has 0 unspecified atom stereocenters. The summed E-state index contributed by atoms with van der Waals surface area (Å²) >= 11 is 0. The molecule has 0 bridgehead atoms. The van der Waals surface area contributed by atoms with Gasteiger partial charge in [-0.3, -0.25) is 0 Å². The highest BCUT2D eigenvalue weighted by Crippen LogP contribution is 2.43. The van der Waals surface area contributed by atoms with Crippen molar-refractivity contribution in [2.24, 2.45) is 0 Å². The molecule has 0 N–H and O–H groups in total. The maximum atomic E-state index is 2.42. The molecule has 10 aromatic rings. The van der Waals surface area contributed by atoms with Crippen LogP contribution in [0.25, 0.3) is 75.8 Å². The van der Waals surface area contributed by atoms with Crippen molar-refractivity contribution in [1.29, 1.82) is 0 Å². The Balaban J connectivity index is 1.21. The number of rotatable bonds is 4. The minimum atomic E-state index is 1.12. The number of benzene rings is 10. The molecule has 0 radical (unpaired) electrons. The van der Waals surface area contributed by atoms with Crippen LogP contribution in [-0.2, 0) is 0 Å². The Kier molecular flexibility index (Phi) is 6.25. The van der Waals surface area contributed by atoms with Crippen molar-refractivity contribution < 1.29 is 0 Å². The highest BCUT2D eigenvalue weighted by molar-refractivity contribution is 6.27. The van der Waals surface area contributed by atoms with Crippen LogP contribution in [0.5, 0.6) is 0 Å². The van der Waals surface area contributed by atoms with Crippen LogP contribution < -0.4 is 4.90 Å². The Morgan fingerprint density at radius 1 is 0.265 bits per heavy atom. The predicted molar refractivity (Wildman–Crippen MR) is 212 cm³/mol. The second-order valence-corrected chi connectivity index (χ2v) is 13.0. The number of anilines is 3. The fraction of sp³-hybridized carbons (Fsp3) is 0. The van der Waals surface area contributed by atoms with E-state index in [2.05, 4.69) is 193 Å². The van der Waals surface area contributed by atoms with Gasteiger partial charge in [0, 0.05) is 16.8 Å². The molecular weight excluding hydrogens is 591 g/mol. The van der Waals surface area contributed by atoms with Gasteiger partial charge in [0.05, 0.1) is 5.69 Å².